The van der Waals surface area contributed by atoms with Crippen LogP contribution in [0.15, 0.2) is 42.5 Å². The number of fused-ring (bicyclic) bond motifs is 1. The van der Waals surface area contributed by atoms with Crippen molar-refractivity contribution in [1.29, 1.82) is 0 Å². The molecule has 1 aromatic heterocycles. The van der Waals surface area contributed by atoms with E-state index in [-0.39, 0.29) is 5.91 Å². The Morgan fingerprint density at radius 1 is 1.00 bits per heavy atom. The smallest absolute Gasteiger partial charge is 0.272 e. The second-order valence-electron chi connectivity index (χ2n) is 7.72. The Morgan fingerprint density at radius 3 is 2.52 bits per heavy atom. The monoisotopic (exact) mass is 389 g/mol. The molecule has 0 bridgehead atoms. The van der Waals surface area contributed by atoms with Crippen molar-refractivity contribution < 1.29 is 9.53 Å². The van der Waals surface area contributed by atoms with Crippen molar-refractivity contribution in [1.82, 2.24) is 9.88 Å². The van der Waals surface area contributed by atoms with Gasteiger partial charge in [0.25, 0.3) is 5.91 Å². The van der Waals surface area contributed by atoms with Gasteiger partial charge in [-0.3, -0.25) is 4.79 Å². The number of piperidine rings is 1. The van der Waals surface area contributed by atoms with Crippen LogP contribution < -0.4 is 10.1 Å². The molecule has 1 amide bonds. The Hall–Kier alpha value is -3.08. The second-order valence-corrected chi connectivity index (χ2v) is 7.72. The maximum Gasteiger partial charge on any atom is 0.272 e. The van der Waals surface area contributed by atoms with Gasteiger partial charge in [0.15, 0.2) is 0 Å². The Morgan fingerprint density at radius 2 is 1.79 bits per heavy atom. The van der Waals surface area contributed by atoms with Gasteiger partial charge in [-0.1, -0.05) is 6.07 Å². The molecule has 0 atom stereocenters. The third-order valence-corrected chi connectivity index (χ3v) is 5.66. The molecule has 0 radical (unpaired) electrons. The first-order valence-electron chi connectivity index (χ1n) is 10.2. The van der Waals surface area contributed by atoms with Gasteiger partial charge >= 0.3 is 0 Å². The topological polar surface area (TPSA) is 54.5 Å². The summed E-state index contributed by atoms with van der Waals surface area (Å²) in [4.78, 5) is 19.7. The van der Waals surface area contributed by atoms with Gasteiger partial charge < -0.3 is 15.0 Å². The minimum absolute atomic E-state index is 0.00514. The number of aryl methyl sites for hydroxylation is 2. The molecule has 0 unspecified atom stereocenters. The minimum Gasteiger partial charge on any atom is -0.497 e. The fourth-order valence-corrected chi connectivity index (χ4v) is 3.78. The summed E-state index contributed by atoms with van der Waals surface area (Å²) in [6.45, 7) is 5.81. The lowest BCUT2D eigenvalue weighted by molar-refractivity contribution is 0.0719. The van der Waals surface area contributed by atoms with Gasteiger partial charge in [-0.05, 0) is 80.6 Å². The van der Waals surface area contributed by atoms with Crippen molar-refractivity contribution in [2.45, 2.75) is 33.1 Å². The van der Waals surface area contributed by atoms with Gasteiger partial charge in [-0.25, -0.2) is 4.98 Å². The molecule has 29 heavy (non-hydrogen) atoms. The number of amides is 1. The lowest BCUT2D eigenvalue weighted by Gasteiger charge is -2.26. The van der Waals surface area contributed by atoms with E-state index in [0.29, 0.717) is 5.69 Å². The molecule has 1 aliphatic heterocycles. The number of carbonyl (C=O) groups is 1. The van der Waals surface area contributed by atoms with Crippen molar-refractivity contribution in [2.75, 3.05) is 25.5 Å². The molecule has 0 aliphatic carbocycles. The fourth-order valence-electron chi connectivity index (χ4n) is 3.78. The van der Waals surface area contributed by atoms with E-state index >= 15 is 0 Å². The molecular weight excluding hydrogens is 362 g/mol. The SMILES string of the molecule is COc1ccc2nc(C(=O)N3CCCCC3)cc(Nc3ccc(C)c(C)c3)c2c1. The highest BCUT2D eigenvalue weighted by atomic mass is 16.5. The first kappa shape index (κ1) is 19.2. The molecule has 5 nitrogen and oxygen atoms in total. The molecule has 2 aromatic carbocycles. The summed E-state index contributed by atoms with van der Waals surface area (Å²) in [5, 5.41) is 4.43. The van der Waals surface area contributed by atoms with Crippen LogP contribution in [0, 0.1) is 13.8 Å². The Bertz CT molecular complexity index is 1060. The van der Waals surface area contributed by atoms with Gasteiger partial charge in [-0.2, -0.15) is 0 Å². The molecule has 4 rings (SSSR count). The van der Waals surface area contributed by atoms with Crippen LogP contribution in [-0.2, 0) is 0 Å². The van der Waals surface area contributed by atoms with Crippen molar-refractivity contribution in [2.24, 2.45) is 0 Å². The van der Waals surface area contributed by atoms with E-state index in [4.69, 9.17) is 4.74 Å². The number of rotatable bonds is 4. The first-order valence-corrected chi connectivity index (χ1v) is 10.2. The van der Waals surface area contributed by atoms with E-state index in [2.05, 4.69) is 42.3 Å². The summed E-state index contributed by atoms with van der Waals surface area (Å²) in [7, 11) is 1.65. The minimum atomic E-state index is 0.00514. The van der Waals surface area contributed by atoms with E-state index in [9.17, 15) is 4.79 Å². The van der Waals surface area contributed by atoms with E-state index in [1.54, 1.807) is 7.11 Å². The number of carbonyl (C=O) groups excluding carboxylic acids is 1. The third-order valence-electron chi connectivity index (χ3n) is 5.66. The molecule has 150 valence electrons. The highest BCUT2D eigenvalue weighted by Gasteiger charge is 2.21. The Kier molecular flexibility index (Phi) is 5.38. The average Bonchev–Trinajstić information content (AvgIpc) is 2.76. The normalized spacial score (nSPS) is 14.1. The molecule has 1 saturated heterocycles. The van der Waals surface area contributed by atoms with E-state index in [1.807, 2.05) is 29.2 Å². The molecular formula is C24H27N3O2. The summed E-state index contributed by atoms with van der Waals surface area (Å²) >= 11 is 0. The van der Waals surface area contributed by atoms with Crippen LogP contribution in [0.5, 0.6) is 5.75 Å². The summed E-state index contributed by atoms with van der Waals surface area (Å²) in [5.41, 5.74) is 5.57. The standard InChI is InChI=1S/C24H27N3O2/c1-16-7-8-18(13-17(16)2)25-22-15-23(24(28)27-11-5-4-6-12-27)26-21-10-9-19(29-3)14-20(21)22/h7-10,13-15H,4-6,11-12H2,1-3H3,(H,25,26). The molecule has 1 N–H and O–H groups in total. The van der Waals surface area contributed by atoms with E-state index < -0.39 is 0 Å². The Labute approximate surface area is 171 Å². The van der Waals surface area contributed by atoms with Crippen molar-refractivity contribution in [3.05, 3.63) is 59.3 Å². The lowest BCUT2D eigenvalue weighted by Crippen LogP contribution is -2.36. The number of methoxy groups -OCH3 is 1. The molecule has 1 aliphatic rings. The molecule has 3 aromatic rings. The number of nitrogens with one attached hydrogen (secondary N) is 1. The quantitative estimate of drug-likeness (QED) is 0.664. The molecule has 0 saturated carbocycles. The molecule has 5 heteroatoms. The van der Waals surface area contributed by atoms with Crippen molar-refractivity contribution >= 4 is 28.2 Å². The zero-order valence-electron chi connectivity index (χ0n) is 17.3. The largest absolute Gasteiger partial charge is 0.497 e. The number of likely N-dealkylation sites (tertiary alicyclic amines) is 1. The maximum atomic E-state index is 13.1. The average molecular weight is 389 g/mol. The van der Waals surface area contributed by atoms with Crippen molar-refractivity contribution in [3.8, 4) is 5.75 Å². The van der Waals surface area contributed by atoms with Crippen LogP contribution in [0.1, 0.15) is 40.9 Å². The summed E-state index contributed by atoms with van der Waals surface area (Å²) in [6.07, 6.45) is 3.31. The molecule has 2 heterocycles. The maximum absolute atomic E-state index is 13.1. The number of anilines is 2. The number of pyridine rings is 1. The van der Waals surface area contributed by atoms with Crippen LogP contribution in [0.2, 0.25) is 0 Å². The number of aromatic nitrogens is 1. The molecule has 1 fully saturated rings. The Balaban J connectivity index is 1.78. The van der Waals surface area contributed by atoms with Crippen LogP contribution >= 0.6 is 0 Å². The van der Waals surface area contributed by atoms with E-state index in [0.717, 1.165) is 54.0 Å². The first-order chi connectivity index (χ1) is 14.0. The van der Waals surface area contributed by atoms with Gasteiger partial charge in [0.2, 0.25) is 0 Å². The highest BCUT2D eigenvalue weighted by Crippen LogP contribution is 2.31. The zero-order chi connectivity index (χ0) is 20.4. The summed E-state index contributed by atoms with van der Waals surface area (Å²) < 4.78 is 5.40. The van der Waals surface area contributed by atoms with Gasteiger partial charge in [0.1, 0.15) is 11.4 Å². The molecule has 0 spiro atoms. The zero-order valence-corrected chi connectivity index (χ0v) is 17.3. The van der Waals surface area contributed by atoms with Crippen LogP contribution in [0.25, 0.3) is 10.9 Å². The van der Waals surface area contributed by atoms with Crippen LogP contribution in [-0.4, -0.2) is 36.0 Å². The number of hydrogen-bond donors (Lipinski definition) is 1. The van der Waals surface area contributed by atoms with Crippen LogP contribution in [0.4, 0.5) is 11.4 Å². The predicted molar refractivity (Wildman–Crippen MR) is 117 cm³/mol. The van der Waals surface area contributed by atoms with Gasteiger partial charge in [0, 0.05) is 24.2 Å². The number of ether oxygens (including phenoxy) is 1. The number of hydrogen-bond acceptors (Lipinski definition) is 4. The summed E-state index contributed by atoms with van der Waals surface area (Å²) in [6, 6.07) is 13.9. The highest BCUT2D eigenvalue weighted by molar-refractivity contribution is 6.01. The summed E-state index contributed by atoms with van der Waals surface area (Å²) in [5.74, 6) is 0.767. The fraction of sp³-hybridized carbons (Fsp3) is 0.333. The number of benzene rings is 2. The van der Waals surface area contributed by atoms with Gasteiger partial charge in [-0.15, -0.1) is 0 Å². The van der Waals surface area contributed by atoms with Crippen LogP contribution in [0.3, 0.4) is 0 Å². The third kappa shape index (κ3) is 4.04. The van der Waals surface area contributed by atoms with E-state index in [1.165, 1.54) is 17.5 Å². The predicted octanol–water partition coefficient (Wildman–Crippen LogP) is 5.23. The lowest BCUT2D eigenvalue weighted by atomic mass is 10.1. The van der Waals surface area contributed by atoms with Gasteiger partial charge in [0.05, 0.1) is 18.3 Å². The number of nitrogens with zero attached hydrogens (tertiary/aromatic N) is 2. The van der Waals surface area contributed by atoms with Crippen molar-refractivity contribution in [3.63, 3.8) is 0 Å². The second kappa shape index (κ2) is 8.11.